The molecule has 31 heavy (non-hydrogen) atoms. The highest BCUT2D eigenvalue weighted by atomic mass is 35.5. The van der Waals surface area contributed by atoms with Gasteiger partial charge in [-0.2, -0.15) is 4.52 Å². The van der Waals surface area contributed by atoms with Crippen molar-refractivity contribution in [2.45, 2.75) is 4.90 Å². The number of hydrogen-bond donors (Lipinski definition) is 1. The maximum absolute atomic E-state index is 12.4. The normalized spacial score (nSPS) is 11.5. The largest absolute Gasteiger partial charge is 0.496 e. The first-order valence-electron chi connectivity index (χ1n) is 9.22. The van der Waals surface area contributed by atoms with Crippen LogP contribution < -0.4 is 14.2 Å². The highest BCUT2D eigenvalue weighted by Gasteiger charge is 2.17. The van der Waals surface area contributed by atoms with E-state index in [-0.39, 0.29) is 23.1 Å². The topological polar surface area (TPSA) is 108 Å². The first-order valence-corrected chi connectivity index (χ1v) is 11.1. The van der Waals surface area contributed by atoms with E-state index in [9.17, 15) is 8.42 Å². The monoisotopic (exact) mass is 459 g/mol. The van der Waals surface area contributed by atoms with Crippen LogP contribution in [-0.4, -0.2) is 48.5 Å². The Morgan fingerprint density at radius 3 is 2.61 bits per heavy atom. The molecular formula is C20H18ClN5O4S. The summed E-state index contributed by atoms with van der Waals surface area (Å²) >= 11 is 5.97. The van der Waals surface area contributed by atoms with Gasteiger partial charge in [0.15, 0.2) is 11.5 Å². The summed E-state index contributed by atoms with van der Waals surface area (Å²) in [5.41, 5.74) is 1.27. The molecule has 0 amide bonds. The molecule has 0 saturated carbocycles. The fourth-order valence-corrected chi connectivity index (χ4v) is 4.45. The molecule has 1 N–H and O–H groups in total. The van der Waals surface area contributed by atoms with Crippen LogP contribution >= 0.6 is 11.6 Å². The number of nitrogens with one attached hydrogen (secondary N) is 1. The van der Waals surface area contributed by atoms with Crippen LogP contribution in [0, 0.1) is 0 Å². The third-order valence-corrected chi connectivity index (χ3v) is 6.32. The van der Waals surface area contributed by atoms with E-state index in [0.717, 1.165) is 5.56 Å². The smallest absolute Gasteiger partial charge is 0.242 e. The van der Waals surface area contributed by atoms with Gasteiger partial charge in [-0.3, -0.25) is 0 Å². The number of methoxy groups -OCH3 is 1. The van der Waals surface area contributed by atoms with Gasteiger partial charge < -0.3 is 9.47 Å². The van der Waals surface area contributed by atoms with Crippen molar-refractivity contribution in [2.75, 3.05) is 20.3 Å². The number of ether oxygens (including phenoxy) is 2. The minimum Gasteiger partial charge on any atom is -0.496 e. The fraction of sp³-hybridized carbons (Fsp3) is 0.150. The van der Waals surface area contributed by atoms with Gasteiger partial charge in [-0.15, -0.1) is 15.3 Å². The maximum Gasteiger partial charge on any atom is 0.242 e. The summed E-state index contributed by atoms with van der Waals surface area (Å²) in [6, 6.07) is 17.0. The number of benzene rings is 2. The molecule has 0 aliphatic heterocycles. The zero-order valence-corrected chi connectivity index (χ0v) is 18.0. The minimum atomic E-state index is -3.74. The molecule has 4 aromatic rings. The lowest BCUT2D eigenvalue weighted by molar-refractivity contribution is 0.306. The average Bonchev–Trinajstić information content (AvgIpc) is 3.20. The highest BCUT2D eigenvalue weighted by Crippen LogP contribution is 2.28. The quantitative estimate of drug-likeness (QED) is 0.403. The molecular weight excluding hydrogens is 442 g/mol. The summed E-state index contributed by atoms with van der Waals surface area (Å²) in [5.74, 6) is 1.43. The Morgan fingerprint density at radius 1 is 1.03 bits per heavy atom. The van der Waals surface area contributed by atoms with Gasteiger partial charge in [-0.05, 0) is 30.3 Å². The second kappa shape index (κ2) is 8.88. The van der Waals surface area contributed by atoms with Crippen molar-refractivity contribution in [1.29, 1.82) is 0 Å². The van der Waals surface area contributed by atoms with Crippen LogP contribution in [0.25, 0.3) is 17.0 Å². The van der Waals surface area contributed by atoms with Gasteiger partial charge in [-0.1, -0.05) is 35.9 Å². The molecule has 0 atom stereocenters. The van der Waals surface area contributed by atoms with Crippen molar-refractivity contribution >= 4 is 27.3 Å². The Morgan fingerprint density at radius 2 is 1.81 bits per heavy atom. The van der Waals surface area contributed by atoms with Crippen molar-refractivity contribution in [2.24, 2.45) is 0 Å². The molecule has 0 spiro atoms. The first kappa shape index (κ1) is 21.0. The summed E-state index contributed by atoms with van der Waals surface area (Å²) in [5, 5.41) is 12.9. The molecule has 0 saturated heterocycles. The van der Waals surface area contributed by atoms with Crippen LogP contribution in [0.2, 0.25) is 5.02 Å². The predicted octanol–water partition coefficient (Wildman–Crippen LogP) is 2.81. The fourth-order valence-electron chi connectivity index (χ4n) is 2.92. The maximum atomic E-state index is 12.4. The van der Waals surface area contributed by atoms with Crippen LogP contribution in [0.15, 0.2) is 65.6 Å². The number of hydrogen-bond acceptors (Lipinski definition) is 7. The van der Waals surface area contributed by atoms with Crippen LogP contribution in [0.1, 0.15) is 0 Å². The summed E-state index contributed by atoms with van der Waals surface area (Å²) in [7, 11) is -2.17. The van der Waals surface area contributed by atoms with E-state index < -0.39 is 10.0 Å². The van der Waals surface area contributed by atoms with E-state index in [0.29, 0.717) is 23.1 Å². The van der Waals surface area contributed by atoms with E-state index in [1.807, 2.05) is 24.3 Å². The van der Waals surface area contributed by atoms with Crippen LogP contribution in [-0.2, 0) is 10.0 Å². The van der Waals surface area contributed by atoms with E-state index in [1.54, 1.807) is 35.9 Å². The molecule has 0 bridgehead atoms. The van der Waals surface area contributed by atoms with Crippen molar-refractivity contribution in [3.63, 3.8) is 0 Å². The minimum absolute atomic E-state index is 0.0159. The molecule has 2 heterocycles. The molecule has 160 valence electrons. The number of rotatable bonds is 8. The molecule has 11 heteroatoms. The SMILES string of the molecule is COc1ccccc1-c1nnc2ccc(OCCNS(=O)(=O)c3ccccc3Cl)nn12. The lowest BCUT2D eigenvalue weighted by Crippen LogP contribution is -2.28. The van der Waals surface area contributed by atoms with Crippen molar-refractivity contribution in [3.8, 4) is 23.0 Å². The predicted molar refractivity (Wildman–Crippen MR) is 115 cm³/mol. The van der Waals surface area contributed by atoms with E-state index in [1.165, 1.54) is 12.1 Å². The number of sulfonamides is 1. The van der Waals surface area contributed by atoms with E-state index in [2.05, 4.69) is 20.0 Å². The third-order valence-electron chi connectivity index (χ3n) is 4.36. The van der Waals surface area contributed by atoms with Gasteiger partial charge in [0, 0.05) is 12.6 Å². The lowest BCUT2D eigenvalue weighted by Gasteiger charge is -2.10. The standard InChI is InChI=1S/C20H18ClN5O4S/c1-29-16-8-4-2-6-14(16)20-24-23-18-10-11-19(25-26(18)20)30-13-12-22-31(27,28)17-9-5-3-7-15(17)21/h2-11,22H,12-13H2,1H3. The molecule has 0 radical (unpaired) electrons. The molecule has 0 unspecified atom stereocenters. The Hall–Kier alpha value is -3.21. The van der Waals surface area contributed by atoms with E-state index in [4.69, 9.17) is 21.1 Å². The summed E-state index contributed by atoms with van der Waals surface area (Å²) < 4.78 is 39.7. The first-order chi connectivity index (χ1) is 15.0. The number of aromatic nitrogens is 4. The van der Waals surface area contributed by atoms with Gasteiger partial charge in [0.25, 0.3) is 0 Å². The molecule has 2 aromatic carbocycles. The second-order valence-corrected chi connectivity index (χ2v) is 8.48. The van der Waals surface area contributed by atoms with Crippen molar-refractivity contribution in [3.05, 3.63) is 65.7 Å². The number of nitrogens with zero attached hydrogens (tertiary/aromatic N) is 4. The van der Waals surface area contributed by atoms with Crippen molar-refractivity contribution in [1.82, 2.24) is 24.5 Å². The second-order valence-electron chi connectivity index (χ2n) is 6.34. The zero-order valence-electron chi connectivity index (χ0n) is 16.4. The van der Waals surface area contributed by atoms with E-state index >= 15 is 0 Å². The van der Waals surface area contributed by atoms with Gasteiger partial charge in [-0.25, -0.2) is 13.1 Å². The Bertz CT molecular complexity index is 1330. The van der Waals surface area contributed by atoms with Crippen LogP contribution in [0.5, 0.6) is 11.6 Å². The summed E-state index contributed by atoms with van der Waals surface area (Å²) in [6.07, 6.45) is 0. The summed E-state index contributed by atoms with van der Waals surface area (Å²) in [6.45, 7) is 0.100. The lowest BCUT2D eigenvalue weighted by atomic mass is 10.2. The molecule has 0 fully saturated rings. The molecule has 0 aliphatic rings. The highest BCUT2D eigenvalue weighted by molar-refractivity contribution is 7.89. The van der Waals surface area contributed by atoms with Gasteiger partial charge in [0.05, 0.1) is 17.7 Å². The Balaban J connectivity index is 1.47. The van der Waals surface area contributed by atoms with Gasteiger partial charge >= 0.3 is 0 Å². The molecule has 4 rings (SSSR count). The molecule has 2 aromatic heterocycles. The molecule has 0 aliphatic carbocycles. The third kappa shape index (κ3) is 4.46. The number of fused-ring (bicyclic) bond motifs is 1. The zero-order chi connectivity index (χ0) is 21.8. The van der Waals surface area contributed by atoms with Gasteiger partial charge in [0.2, 0.25) is 15.9 Å². The Labute approximate surface area is 183 Å². The van der Waals surface area contributed by atoms with Crippen molar-refractivity contribution < 1.29 is 17.9 Å². The average molecular weight is 460 g/mol. The molecule has 9 nitrogen and oxygen atoms in total. The summed E-state index contributed by atoms with van der Waals surface area (Å²) in [4.78, 5) is 0.0159. The number of halogens is 1. The number of para-hydroxylation sites is 1. The van der Waals surface area contributed by atoms with Crippen LogP contribution in [0.3, 0.4) is 0 Å². The van der Waals surface area contributed by atoms with Crippen LogP contribution in [0.4, 0.5) is 0 Å². The Kier molecular flexibility index (Phi) is 6.03. The van der Waals surface area contributed by atoms with Gasteiger partial charge in [0.1, 0.15) is 17.3 Å².